The lowest BCUT2D eigenvalue weighted by atomic mass is 9.91. The van der Waals surface area contributed by atoms with Crippen molar-refractivity contribution in [3.8, 4) is 5.75 Å². The molecule has 0 spiro atoms. The van der Waals surface area contributed by atoms with Crippen molar-refractivity contribution in [3.05, 3.63) is 29.2 Å². The zero-order chi connectivity index (χ0) is 22.8. The van der Waals surface area contributed by atoms with Gasteiger partial charge in [-0.3, -0.25) is 9.67 Å². The fraction of sp³-hybridized carbons (Fsp3) is 0.583. The van der Waals surface area contributed by atoms with Crippen LogP contribution in [0.2, 0.25) is 0 Å². The first-order chi connectivity index (χ1) is 16.2. The minimum absolute atomic E-state index is 0.282. The first-order valence-electron chi connectivity index (χ1n) is 12.2. The van der Waals surface area contributed by atoms with Gasteiger partial charge in [0.2, 0.25) is 5.95 Å². The summed E-state index contributed by atoms with van der Waals surface area (Å²) in [5, 5.41) is 11.9. The molecular formula is C24H34N8O. The van der Waals surface area contributed by atoms with Crippen LogP contribution in [0.5, 0.6) is 5.75 Å². The molecule has 0 unspecified atom stereocenters. The quantitative estimate of drug-likeness (QED) is 0.425. The molecule has 4 N–H and O–H groups in total. The number of pyridine rings is 1. The number of fused-ring (bicyclic) bond motifs is 1. The van der Waals surface area contributed by atoms with Crippen molar-refractivity contribution >= 4 is 22.8 Å². The molecule has 2 aliphatic rings. The van der Waals surface area contributed by atoms with Gasteiger partial charge in [-0.15, -0.1) is 0 Å². The number of nitrogen functional groups attached to an aromatic ring is 1. The average Bonchev–Trinajstić information content (AvgIpc) is 3.62. The number of rotatable bonds is 9. The van der Waals surface area contributed by atoms with E-state index in [0.717, 1.165) is 92.1 Å². The van der Waals surface area contributed by atoms with Crippen molar-refractivity contribution < 1.29 is 4.74 Å². The lowest BCUT2D eigenvalue weighted by Crippen LogP contribution is -2.26. The molecule has 2 fully saturated rings. The molecular weight excluding hydrogens is 416 g/mol. The van der Waals surface area contributed by atoms with Crippen LogP contribution in [0.15, 0.2) is 12.3 Å². The van der Waals surface area contributed by atoms with Gasteiger partial charge in [0, 0.05) is 18.7 Å². The van der Waals surface area contributed by atoms with Gasteiger partial charge in [0.1, 0.15) is 22.5 Å². The molecule has 0 bridgehead atoms. The smallest absolute Gasteiger partial charge is 0.222 e. The average molecular weight is 451 g/mol. The Morgan fingerprint density at radius 3 is 2.73 bits per heavy atom. The molecule has 9 heteroatoms. The summed E-state index contributed by atoms with van der Waals surface area (Å²) in [4.78, 5) is 13.9. The highest BCUT2D eigenvalue weighted by molar-refractivity contribution is 5.89. The SMILES string of the molecule is CCCCNc1nc(N)nc2c(C3CC3)nn(Cc3ncc(C4CCNCC4)cc3OC)c12. The third-order valence-electron chi connectivity index (χ3n) is 6.70. The van der Waals surface area contributed by atoms with E-state index in [4.69, 9.17) is 20.6 Å². The van der Waals surface area contributed by atoms with Crippen LogP contribution < -0.4 is 21.1 Å². The molecule has 3 aromatic heterocycles. The van der Waals surface area contributed by atoms with Gasteiger partial charge in [0.25, 0.3) is 0 Å². The summed E-state index contributed by atoms with van der Waals surface area (Å²) in [6.07, 6.45) is 8.71. The summed E-state index contributed by atoms with van der Waals surface area (Å²) in [5.74, 6) is 2.81. The summed E-state index contributed by atoms with van der Waals surface area (Å²) in [5.41, 5.74) is 11.0. The van der Waals surface area contributed by atoms with E-state index in [9.17, 15) is 0 Å². The van der Waals surface area contributed by atoms with Crippen molar-refractivity contribution in [2.24, 2.45) is 0 Å². The Kier molecular flexibility index (Phi) is 6.30. The second-order valence-corrected chi connectivity index (χ2v) is 9.17. The van der Waals surface area contributed by atoms with E-state index in [1.807, 2.05) is 10.9 Å². The number of anilines is 2. The van der Waals surface area contributed by atoms with Gasteiger partial charge < -0.3 is 21.1 Å². The van der Waals surface area contributed by atoms with Gasteiger partial charge in [-0.1, -0.05) is 13.3 Å². The van der Waals surface area contributed by atoms with Crippen molar-refractivity contribution in [3.63, 3.8) is 0 Å². The van der Waals surface area contributed by atoms with E-state index in [1.165, 1.54) is 5.56 Å². The zero-order valence-electron chi connectivity index (χ0n) is 19.6. The van der Waals surface area contributed by atoms with Gasteiger partial charge in [-0.25, -0.2) is 4.98 Å². The van der Waals surface area contributed by atoms with Crippen molar-refractivity contribution in [1.82, 2.24) is 30.0 Å². The van der Waals surface area contributed by atoms with Gasteiger partial charge in [-0.2, -0.15) is 10.1 Å². The monoisotopic (exact) mass is 450 g/mol. The first kappa shape index (κ1) is 21.9. The minimum atomic E-state index is 0.282. The topological polar surface area (TPSA) is 116 Å². The van der Waals surface area contributed by atoms with Crippen LogP contribution in [-0.2, 0) is 6.54 Å². The Hall–Kier alpha value is -2.94. The Morgan fingerprint density at radius 1 is 1.18 bits per heavy atom. The number of piperidine rings is 1. The molecule has 0 atom stereocenters. The Morgan fingerprint density at radius 2 is 2.00 bits per heavy atom. The Labute approximate surface area is 194 Å². The predicted octanol–water partition coefficient (Wildman–Crippen LogP) is 3.42. The zero-order valence-corrected chi connectivity index (χ0v) is 19.6. The molecule has 0 aromatic carbocycles. The standard InChI is InChI=1S/C24H34N8O/c1-3-4-9-27-23-22-21(29-24(25)30-23)20(16-5-6-16)31-32(22)14-18-19(33-2)12-17(13-28-18)15-7-10-26-11-8-15/h12-13,15-16,26H,3-11,14H2,1-2H3,(H3,25,27,29,30). The van der Waals surface area contributed by atoms with Crippen LogP contribution in [0.3, 0.4) is 0 Å². The summed E-state index contributed by atoms with van der Waals surface area (Å²) in [7, 11) is 1.71. The van der Waals surface area contributed by atoms with E-state index in [1.54, 1.807) is 7.11 Å². The van der Waals surface area contributed by atoms with E-state index in [-0.39, 0.29) is 5.95 Å². The minimum Gasteiger partial charge on any atom is -0.495 e. The number of hydrogen-bond donors (Lipinski definition) is 3. The maximum atomic E-state index is 6.08. The summed E-state index contributed by atoms with van der Waals surface area (Å²) < 4.78 is 7.75. The lowest BCUT2D eigenvalue weighted by Gasteiger charge is -2.23. The molecule has 0 amide bonds. The van der Waals surface area contributed by atoms with Gasteiger partial charge in [0.05, 0.1) is 19.3 Å². The van der Waals surface area contributed by atoms with Crippen LogP contribution in [-0.4, -0.2) is 51.5 Å². The molecule has 4 heterocycles. The third kappa shape index (κ3) is 4.59. The molecule has 1 saturated heterocycles. The van der Waals surface area contributed by atoms with E-state index < -0.39 is 0 Å². The van der Waals surface area contributed by atoms with Crippen LogP contribution >= 0.6 is 0 Å². The third-order valence-corrected chi connectivity index (χ3v) is 6.70. The summed E-state index contributed by atoms with van der Waals surface area (Å²) in [6, 6.07) is 2.15. The number of nitrogens with one attached hydrogen (secondary N) is 2. The number of aromatic nitrogens is 5. The molecule has 5 rings (SSSR count). The Bertz CT molecular complexity index is 1120. The van der Waals surface area contributed by atoms with E-state index >= 15 is 0 Å². The number of nitrogens with zero attached hydrogens (tertiary/aromatic N) is 5. The number of nitrogens with two attached hydrogens (primary N) is 1. The molecule has 9 nitrogen and oxygen atoms in total. The highest BCUT2D eigenvalue weighted by Gasteiger charge is 2.31. The van der Waals surface area contributed by atoms with Crippen molar-refractivity contribution in [1.29, 1.82) is 0 Å². The first-order valence-corrected chi connectivity index (χ1v) is 12.2. The molecule has 33 heavy (non-hydrogen) atoms. The number of hydrogen-bond acceptors (Lipinski definition) is 8. The van der Waals surface area contributed by atoms with Gasteiger partial charge in [-0.05, 0) is 62.7 Å². The van der Waals surface area contributed by atoms with Gasteiger partial charge >= 0.3 is 0 Å². The highest BCUT2D eigenvalue weighted by atomic mass is 16.5. The number of methoxy groups -OCH3 is 1. The van der Waals surface area contributed by atoms with Crippen LogP contribution in [0, 0.1) is 0 Å². The fourth-order valence-corrected chi connectivity index (χ4v) is 4.68. The van der Waals surface area contributed by atoms with E-state index in [2.05, 4.69) is 33.6 Å². The molecule has 3 aromatic rings. The summed E-state index contributed by atoms with van der Waals surface area (Å²) in [6.45, 7) is 5.60. The maximum Gasteiger partial charge on any atom is 0.222 e. The van der Waals surface area contributed by atoms with Gasteiger partial charge in [0.15, 0.2) is 5.82 Å². The molecule has 1 aliphatic heterocycles. The number of ether oxygens (including phenoxy) is 1. The number of unbranched alkanes of at least 4 members (excludes halogenated alkanes) is 1. The molecule has 1 saturated carbocycles. The van der Waals surface area contributed by atoms with Crippen LogP contribution in [0.1, 0.15) is 74.2 Å². The second-order valence-electron chi connectivity index (χ2n) is 9.17. The second kappa shape index (κ2) is 9.51. The maximum absolute atomic E-state index is 6.08. The molecule has 176 valence electrons. The van der Waals surface area contributed by atoms with Crippen LogP contribution in [0.4, 0.5) is 11.8 Å². The Balaban J connectivity index is 1.51. The van der Waals surface area contributed by atoms with Crippen LogP contribution in [0.25, 0.3) is 11.0 Å². The predicted molar refractivity (Wildman–Crippen MR) is 130 cm³/mol. The highest BCUT2D eigenvalue weighted by Crippen LogP contribution is 2.43. The molecule has 0 radical (unpaired) electrons. The van der Waals surface area contributed by atoms with Crippen molar-refractivity contribution in [2.45, 2.75) is 63.8 Å². The van der Waals surface area contributed by atoms with E-state index in [0.29, 0.717) is 18.4 Å². The largest absolute Gasteiger partial charge is 0.495 e. The lowest BCUT2D eigenvalue weighted by molar-refractivity contribution is 0.400. The van der Waals surface area contributed by atoms with Crippen molar-refractivity contribution in [2.75, 3.05) is 37.8 Å². The summed E-state index contributed by atoms with van der Waals surface area (Å²) >= 11 is 0. The fourth-order valence-electron chi connectivity index (χ4n) is 4.68. The normalized spacial score (nSPS) is 16.9. The molecule has 1 aliphatic carbocycles.